The van der Waals surface area contributed by atoms with Crippen molar-refractivity contribution < 1.29 is 9.90 Å². The number of nitrogens with one attached hydrogen (secondary N) is 1. The number of benzene rings is 2. The van der Waals surface area contributed by atoms with Gasteiger partial charge in [-0.1, -0.05) is 117 Å². The van der Waals surface area contributed by atoms with Crippen molar-refractivity contribution in [1.29, 1.82) is 0 Å². The number of carboxylic acids is 1. The molecule has 0 spiro atoms. The number of aromatic nitrogens is 2. The molecule has 5 nitrogen and oxygen atoms in total. The zero-order valence-corrected chi connectivity index (χ0v) is 28.2. The number of aromatic carboxylic acids is 1. The van der Waals surface area contributed by atoms with E-state index in [0.29, 0.717) is 33.5 Å². The molecule has 0 unspecified atom stereocenters. The van der Waals surface area contributed by atoms with Crippen molar-refractivity contribution >= 4 is 45.1 Å². The Morgan fingerprint density at radius 3 is 2.19 bits per heavy atom. The molecule has 1 aliphatic rings. The van der Waals surface area contributed by atoms with E-state index in [1.54, 1.807) is 18.2 Å². The Bertz CT molecular complexity index is 1240. The maximum Gasteiger partial charge on any atom is 0.356 e. The Balaban J connectivity index is 0.000000250. The maximum atomic E-state index is 11.7. The average Bonchev–Trinajstić information content (AvgIpc) is 3.37. The number of carbonyl (C=O) groups is 1. The second-order valence-electron chi connectivity index (χ2n) is 11.1. The van der Waals surface area contributed by atoms with Gasteiger partial charge in [0.15, 0.2) is 5.69 Å². The summed E-state index contributed by atoms with van der Waals surface area (Å²) in [6, 6.07) is 13.5. The van der Waals surface area contributed by atoms with Gasteiger partial charge in [-0.25, -0.2) is 9.78 Å². The van der Waals surface area contributed by atoms with E-state index in [9.17, 15) is 9.90 Å². The second-order valence-corrected chi connectivity index (χ2v) is 12.8. The van der Waals surface area contributed by atoms with E-state index in [0.717, 1.165) is 16.2 Å². The quantitative estimate of drug-likeness (QED) is 0.167. The molecule has 42 heavy (non-hydrogen) atoms. The molecule has 0 atom stereocenters. The first kappa shape index (κ1) is 34.6. The summed E-state index contributed by atoms with van der Waals surface area (Å²) in [4.78, 5) is 16.0. The van der Waals surface area contributed by atoms with E-state index in [-0.39, 0.29) is 5.69 Å². The number of hydrogen-bond acceptors (Lipinski definition) is 3. The summed E-state index contributed by atoms with van der Waals surface area (Å²) in [7, 11) is 0. The van der Waals surface area contributed by atoms with E-state index >= 15 is 0 Å². The van der Waals surface area contributed by atoms with Crippen LogP contribution in [0.15, 0.2) is 46.9 Å². The summed E-state index contributed by atoms with van der Waals surface area (Å²) >= 11 is 15.7. The molecule has 3 aromatic rings. The third-order valence-electron chi connectivity index (χ3n) is 7.84. The molecule has 1 fully saturated rings. The Labute approximate surface area is 270 Å². The van der Waals surface area contributed by atoms with Crippen LogP contribution in [0.4, 0.5) is 0 Å². The molecule has 0 saturated heterocycles. The fourth-order valence-electron chi connectivity index (χ4n) is 5.54. The first-order valence-corrected chi connectivity index (χ1v) is 17.2. The van der Waals surface area contributed by atoms with Crippen molar-refractivity contribution in [1.82, 2.24) is 14.9 Å². The number of unbranched alkanes of at least 4 members (excludes halogenated alkanes) is 7. The highest BCUT2D eigenvalue weighted by Gasteiger charge is 2.24. The van der Waals surface area contributed by atoms with Crippen LogP contribution in [0.1, 0.15) is 114 Å². The molecule has 230 valence electrons. The minimum atomic E-state index is -1.07. The van der Waals surface area contributed by atoms with Gasteiger partial charge in [-0.05, 0) is 74.7 Å². The zero-order chi connectivity index (χ0) is 30.3. The summed E-state index contributed by atoms with van der Waals surface area (Å²) in [5.41, 5.74) is 2.06. The predicted octanol–water partition coefficient (Wildman–Crippen LogP) is 10.9. The van der Waals surface area contributed by atoms with Crippen molar-refractivity contribution in [2.45, 2.75) is 110 Å². The first-order valence-electron chi connectivity index (χ1n) is 15.6. The Morgan fingerprint density at radius 1 is 0.952 bits per heavy atom. The van der Waals surface area contributed by atoms with Gasteiger partial charge in [0.05, 0.1) is 10.7 Å². The van der Waals surface area contributed by atoms with Crippen molar-refractivity contribution in [2.24, 2.45) is 0 Å². The van der Waals surface area contributed by atoms with Crippen LogP contribution in [0.25, 0.3) is 17.1 Å². The normalized spacial score (nSPS) is 13.5. The molecule has 4 rings (SSSR count). The van der Waals surface area contributed by atoms with E-state index in [1.807, 2.05) is 35.8 Å². The molecule has 0 amide bonds. The van der Waals surface area contributed by atoms with Crippen molar-refractivity contribution in [2.75, 3.05) is 6.54 Å². The highest BCUT2D eigenvalue weighted by molar-refractivity contribution is 9.10. The molecule has 1 aliphatic carbocycles. The summed E-state index contributed by atoms with van der Waals surface area (Å²) in [6.45, 7) is 5.45. The topological polar surface area (TPSA) is 67.2 Å². The molecular weight excluding hydrogens is 633 g/mol. The second kappa shape index (κ2) is 18.7. The van der Waals surface area contributed by atoms with Gasteiger partial charge in [0.25, 0.3) is 0 Å². The number of carboxylic acid groups (broad SMARTS) is 1. The van der Waals surface area contributed by atoms with Crippen LogP contribution in [-0.4, -0.2) is 33.2 Å². The predicted molar refractivity (Wildman–Crippen MR) is 181 cm³/mol. The standard InChI is InChI=1S/C18H13BrCl2N2O2.C16H33N/c1-2-15-16(18(24)25)22-17(13-8-5-11(20)9-14(13)21)23(15)12-6-3-10(19)4-7-12;1-2-3-4-5-6-7-8-12-15-17-16-13-10-9-11-14-16/h3-9H,2H2,1H3,(H,24,25);16-17H,2-15H2,1H3. The Hall–Kier alpha value is -1.86. The summed E-state index contributed by atoms with van der Waals surface area (Å²) < 4.78 is 2.75. The number of nitrogens with zero attached hydrogens (tertiary/aromatic N) is 2. The lowest BCUT2D eigenvalue weighted by Gasteiger charge is -2.22. The third kappa shape index (κ3) is 10.7. The van der Waals surface area contributed by atoms with Crippen LogP contribution in [0.3, 0.4) is 0 Å². The van der Waals surface area contributed by atoms with Gasteiger partial charge in [-0.2, -0.15) is 0 Å². The lowest BCUT2D eigenvalue weighted by atomic mass is 9.95. The molecule has 0 radical (unpaired) electrons. The SMILES string of the molecule is CCCCCCCCCCNC1CCCCC1.CCc1c(C(=O)O)nc(-c2ccc(Cl)cc2Cl)n1-c1ccc(Br)cc1. The summed E-state index contributed by atoms with van der Waals surface area (Å²) in [5.74, 6) is -0.600. The molecule has 2 N–H and O–H groups in total. The molecule has 0 bridgehead atoms. The lowest BCUT2D eigenvalue weighted by Crippen LogP contribution is -2.31. The third-order valence-corrected chi connectivity index (χ3v) is 8.91. The average molecular weight is 680 g/mol. The van der Waals surface area contributed by atoms with Crippen molar-refractivity contribution in [3.05, 3.63) is 68.4 Å². The van der Waals surface area contributed by atoms with Gasteiger partial charge in [-0.3, -0.25) is 4.57 Å². The van der Waals surface area contributed by atoms with Gasteiger partial charge in [-0.15, -0.1) is 0 Å². The summed E-state index contributed by atoms with van der Waals surface area (Å²) in [5, 5.41) is 14.2. The van der Waals surface area contributed by atoms with E-state index in [4.69, 9.17) is 23.2 Å². The van der Waals surface area contributed by atoms with Gasteiger partial charge in [0.1, 0.15) is 5.82 Å². The number of hydrogen-bond donors (Lipinski definition) is 2. The monoisotopic (exact) mass is 677 g/mol. The van der Waals surface area contributed by atoms with E-state index in [2.05, 4.69) is 33.2 Å². The van der Waals surface area contributed by atoms with Crippen LogP contribution >= 0.6 is 39.1 Å². The zero-order valence-electron chi connectivity index (χ0n) is 25.1. The van der Waals surface area contributed by atoms with Crippen LogP contribution in [0.2, 0.25) is 10.0 Å². The molecule has 1 aromatic heterocycles. The van der Waals surface area contributed by atoms with E-state index < -0.39 is 5.97 Å². The molecule has 1 saturated carbocycles. The number of halogens is 3. The van der Waals surface area contributed by atoms with Crippen LogP contribution in [0, 0.1) is 0 Å². The largest absolute Gasteiger partial charge is 0.476 e. The number of imidazole rings is 1. The van der Waals surface area contributed by atoms with Crippen molar-refractivity contribution in [3.63, 3.8) is 0 Å². The Morgan fingerprint density at radius 2 is 1.60 bits per heavy atom. The van der Waals surface area contributed by atoms with Gasteiger partial charge in [0.2, 0.25) is 0 Å². The van der Waals surface area contributed by atoms with Gasteiger partial charge < -0.3 is 10.4 Å². The minimum Gasteiger partial charge on any atom is -0.476 e. The first-order chi connectivity index (χ1) is 20.3. The molecular formula is C34H46BrCl2N3O2. The van der Waals surface area contributed by atoms with Crippen LogP contribution < -0.4 is 5.32 Å². The van der Waals surface area contributed by atoms with Crippen molar-refractivity contribution in [3.8, 4) is 17.1 Å². The minimum absolute atomic E-state index is 0.0198. The molecule has 0 aliphatic heterocycles. The fraction of sp³-hybridized carbons (Fsp3) is 0.529. The van der Waals surface area contributed by atoms with Crippen LogP contribution in [-0.2, 0) is 6.42 Å². The van der Waals surface area contributed by atoms with Gasteiger partial charge in [0, 0.05) is 26.8 Å². The fourth-order valence-corrected chi connectivity index (χ4v) is 6.30. The molecule has 8 heteroatoms. The number of rotatable bonds is 14. The Kier molecular flexibility index (Phi) is 15.4. The van der Waals surface area contributed by atoms with E-state index in [1.165, 1.54) is 90.0 Å². The van der Waals surface area contributed by atoms with Gasteiger partial charge >= 0.3 is 5.97 Å². The summed E-state index contributed by atoms with van der Waals surface area (Å²) in [6.07, 6.45) is 19.2. The maximum absolute atomic E-state index is 11.7. The molecule has 1 heterocycles. The molecule has 2 aromatic carbocycles. The lowest BCUT2D eigenvalue weighted by molar-refractivity contribution is 0.0690. The smallest absolute Gasteiger partial charge is 0.356 e. The van der Waals surface area contributed by atoms with Crippen LogP contribution in [0.5, 0.6) is 0 Å². The highest BCUT2D eigenvalue weighted by atomic mass is 79.9. The highest BCUT2D eigenvalue weighted by Crippen LogP contribution is 2.34.